The highest BCUT2D eigenvalue weighted by Gasteiger charge is 2.37. The molecule has 1 atom stereocenters. The first-order valence-corrected chi connectivity index (χ1v) is 9.24. The summed E-state index contributed by atoms with van der Waals surface area (Å²) in [6, 6.07) is 5.03. The van der Waals surface area contributed by atoms with Gasteiger partial charge in [-0.2, -0.15) is 0 Å². The Labute approximate surface area is 158 Å². The lowest BCUT2D eigenvalue weighted by atomic mass is 10.1. The third-order valence-corrected chi connectivity index (χ3v) is 5.06. The van der Waals surface area contributed by atoms with Gasteiger partial charge in [0.05, 0.1) is 12.0 Å². The van der Waals surface area contributed by atoms with Gasteiger partial charge in [-0.25, -0.2) is 4.79 Å². The van der Waals surface area contributed by atoms with E-state index in [0.29, 0.717) is 22.6 Å². The highest BCUT2D eigenvalue weighted by Crippen LogP contribution is 2.36. The second kappa shape index (κ2) is 8.53. The van der Waals surface area contributed by atoms with E-state index >= 15 is 0 Å². The molecule has 2 rings (SSSR count). The lowest BCUT2D eigenvalue weighted by Gasteiger charge is -2.19. The standard InChI is InChI=1S/C17H18BrNO5S/c1-4-10(2)19-16(21)14(25-17(19)22)8-11-7-12(18)5-6-13(11)24-9-15(20)23-3/h5-8,10H,4,9H2,1-3H3/b14-8+/t10-/m0/s1. The van der Waals surface area contributed by atoms with Gasteiger partial charge in [-0.15, -0.1) is 0 Å². The number of hydrogen-bond acceptors (Lipinski definition) is 6. The number of nitrogens with zero attached hydrogens (tertiary/aromatic N) is 1. The zero-order valence-electron chi connectivity index (χ0n) is 14.1. The molecule has 134 valence electrons. The van der Waals surface area contributed by atoms with E-state index in [1.807, 2.05) is 13.8 Å². The zero-order valence-corrected chi connectivity index (χ0v) is 16.5. The maximum absolute atomic E-state index is 12.5. The van der Waals surface area contributed by atoms with Crippen LogP contribution < -0.4 is 4.74 Å². The number of rotatable bonds is 6. The number of benzene rings is 1. The first-order valence-electron chi connectivity index (χ1n) is 7.63. The minimum atomic E-state index is -0.508. The lowest BCUT2D eigenvalue weighted by molar-refractivity contribution is -0.142. The van der Waals surface area contributed by atoms with Gasteiger partial charge >= 0.3 is 5.97 Å². The molecule has 1 aliphatic heterocycles. The van der Waals surface area contributed by atoms with Crippen LogP contribution in [-0.4, -0.2) is 41.8 Å². The Bertz CT molecular complexity index is 734. The third-order valence-electron chi connectivity index (χ3n) is 3.69. The van der Waals surface area contributed by atoms with E-state index in [-0.39, 0.29) is 23.8 Å². The summed E-state index contributed by atoms with van der Waals surface area (Å²) in [6.07, 6.45) is 2.29. The SMILES string of the molecule is CC[C@H](C)N1C(=O)S/C(=C/c2cc(Br)ccc2OCC(=O)OC)C1=O. The highest BCUT2D eigenvalue weighted by molar-refractivity contribution is 9.10. The quantitative estimate of drug-likeness (QED) is 0.507. The van der Waals surface area contributed by atoms with E-state index in [4.69, 9.17) is 4.74 Å². The number of imide groups is 1. The lowest BCUT2D eigenvalue weighted by Crippen LogP contribution is -2.36. The molecule has 1 aromatic rings. The molecule has 0 aromatic heterocycles. The molecule has 0 aliphatic carbocycles. The summed E-state index contributed by atoms with van der Waals surface area (Å²) in [4.78, 5) is 37.5. The molecule has 6 nitrogen and oxygen atoms in total. The van der Waals surface area contributed by atoms with Gasteiger partial charge in [0, 0.05) is 16.1 Å². The predicted octanol–water partition coefficient (Wildman–Crippen LogP) is 3.84. The number of halogens is 1. The summed E-state index contributed by atoms with van der Waals surface area (Å²) in [5.41, 5.74) is 0.591. The van der Waals surface area contributed by atoms with Crippen molar-refractivity contribution in [3.63, 3.8) is 0 Å². The van der Waals surface area contributed by atoms with Crippen LogP contribution >= 0.6 is 27.7 Å². The van der Waals surface area contributed by atoms with Crippen molar-refractivity contribution >= 4 is 50.9 Å². The Balaban J connectivity index is 2.30. The fourth-order valence-corrected chi connectivity index (χ4v) is 3.44. The Morgan fingerprint density at radius 2 is 2.12 bits per heavy atom. The normalized spacial score (nSPS) is 17.1. The molecule has 0 saturated carbocycles. The molecule has 1 aliphatic rings. The smallest absolute Gasteiger partial charge is 0.343 e. The minimum absolute atomic E-state index is 0.157. The molecule has 1 fully saturated rings. The van der Waals surface area contributed by atoms with Gasteiger partial charge in [0.25, 0.3) is 11.1 Å². The summed E-state index contributed by atoms with van der Waals surface area (Å²) in [6.45, 7) is 3.52. The average Bonchev–Trinajstić information content (AvgIpc) is 2.86. The van der Waals surface area contributed by atoms with Crippen LogP contribution in [0.3, 0.4) is 0 Å². The van der Waals surface area contributed by atoms with Gasteiger partial charge in [0.1, 0.15) is 5.75 Å². The maximum atomic E-state index is 12.5. The molecule has 2 amide bonds. The van der Waals surface area contributed by atoms with E-state index < -0.39 is 5.97 Å². The number of amides is 2. The number of carbonyl (C=O) groups excluding carboxylic acids is 3. The Morgan fingerprint density at radius 1 is 1.40 bits per heavy atom. The van der Waals surface area contributed by atoms with Crippen molar-refractivity contribution in [2.75, 3.05) is 13.7 Å². The molecule has 8 heteroatoms. The molecule has 0 N–H and O–H groups in total. The van der Waals surface area contributed by atoms with E-state index in [9.17, 15) is 14.4 Å². The zero-order chi connectivity index (χ0) is 18.6. The number of ether oxygens (including phenoxy) is 2. The fraction of sp³-hybridized carbons (Fsp3) is 0.353. The first-order chi connectivity index (χ1) is 11.9. The minimum Gasteiger partial charge on any atom is -0.481 e. The molecular formula is C17H18BrNO5S. The van der Waals surface area contributed by atoms with Gasteiger partial charge in [-0.1, -0.05) is 22.9 Å². The highest BCUT2D eigenvalue weighted by atomic mass is 79.9. The van der Waals surface area contributed by atoms with Crippen molar-refractivity contribution in [1.29, 1.82) is 0 Å². The van der Waals surface area contributed by atoms with Gasteiger partial charge in [0.2, 0.25) is 0 Å². The second-order valence-electron chi connectivity index (χ2n) is 5.36. The Morgan fingerprint density at radius 3 is 2.76 bits per heavy atom. The predicted molar refractivity (Wildman–Crippen MR) is 99.2 cm³/mol. The maximum Gasteiger partial charge on any atom is 0.343 e. The van der Waals surface area contributed by atoms with Crippen LogP contribution in [0.15, 0.2) is 27.6 Å². The molecule has 0 bridgehead atoms. The van der Waals surface area contributed by atoms with Gasteiger partial charge in [0.15, 0.2) is 6.61 Å². The summed E-state index contributed by atoms with van der Waals surface area (Å²) in [5, 5.41) is -0.280. The monoisotopic (exact) mass is 427 g/mol. The Hall–Kier alpha value is -1.80. The van der Waals surface area contributed by atoms with Crippen LogP contribution in [0, 0.1) is 0 Å². The molecule has 1 heterocycles. The van der Waals surface area contributed by atoms with Crippen molar-refractivity contribution < 1.29 is 23.9 Å². The molecule has 0 unspecified atom stereocenters. The van der Waals surface area contributed by atoms with Gasteiger partial charge < -0.3 is 9.47 Å². The first kappa shape index (κ1) is 19.5. The Kier molecular flexibility index (Phi) is 6.66. The van der Waals surface area contributed by atoms with E-state index in [2.05, 4.69) is 20.7 Å². The molecular weight excluding hydrogens is 410 g/mol. The molecule has 0 spiro atoms. The van der Waals surface area contributed by atoms with E-state index in [0.717, 1.165) is 16.2 Å². The van der Waals surface area contributed by atoms with Gasteiger partial charge in [-0.3, -0.25) is 14.5 Å². The summed E-state index contributed by atoms with van der Waals surface area (Å²) in [7, 11) is 1.28. The van der Waals surface area contributed by atoms with Crippen LogP contribution in [0.2, 0.25) is 0 Å². The van der Waals surface area contributed by atoms with Crippen LogP contribution in [0.25, 0.3) is 6.08 Å². The van der Waals surface area contributed by atoms with Crippen molar-refractivity contribution in [2.45, 2.75) is 26.3 Å². The number of hydrogen-bond donors (Lipinski definition) is 0. The van der Waals surface area contributed by atoms with Crippen LogP contribution in [0.5, 0.6) is 5.75 Å². The molecule has 25 heavy (non-hydrogen) atoms. The van der Waals surface area contributed by atoms with Crippen molar-refractivity contribution in [3.8, 4) is 5.75 Å². The van der Waals surface area contributed by atoms with Crippen LogP contribution in [0.4, 0.5) is 4.79 Å². The van der Waals surface area contributed by atoms with Crippen molar-refractivity contribution in [3.05, 3.63) is 33.1 Å². The largest absolute Gasteiger partial charge is 0.481 e. The second-order valence-corrected chi connectivity index (χ2v) is 7.26. The van der Waals surface area contributed by atoms with E-state index in [1.54, 1.807) is 24.3 Å². The summed E-state index contributed by atoms with van der Waals surface area (Å²) in [5.74, 6) is -0.404. The van der Waals surface area contributed by atoms with Crippen LogP contribution in [0.1, 0.15) is 25.8 Å². The molecule has 1 saturated heterocycles. The number of carbonyl (C=O) groups is 3. The van der Waals surface area contributed by atoms with Crippen molar-refractivity contribution in [2.24, 2.45) is 0 Å². The number of esters is 1. The average molecular weight is 428 g/mol. The number of thioether (sulfide) groups is 1. The molecule has 1 aromatic carbocycles. The topological polar surface area (TPSA) is 72.9 Å². The summed E-state index contributed by atoms with van der Waals surface area (Å²) >= 11 is 4.27. The van der Waals surface area contributed by atoms with Crippen LogP contribution in [-0.2, 0) is 14.3 Å². The summed E-state index contributed by atoms with van der Waals surface area (Å²) < 4.78 is 10.8. The van der Waals surface area contributed by atoms with Crippen molar-refractivity contribution in [1.82, 2.24) is 4.90 Å². The van der Waals surface area contributed by atoms with Gasteiger partial charge in [-0.05, 0) is 49.4 Å². The molecule has 0 radical (unpaired) electrons. The third kappa shape index (κ3) is 4.64. The number of methoxy groups -OCH3 is 1. The fourth-order valence-electron chi connectivity index (χ4n) is 2.14. The van der Waals surface area contributed by atoms with E-state index in [1.165, 1.54) is 12.0 Å².